The van der Waals surface area contributed by atoms with Crippen LogP contribution in [0.15, 0.2) is 35.4 Å². The van der Waals surface area contributed by atoms with Gasteiger partial charge in [-0.2, -0.15) is 0 Å². The number of carboxylic acid groups (broad SMARTS) is 1. The Morgan fingerprint density at radius 3 is 2.46 bits per heavy atom. The van der Waals surface area contributed by atoms with E-state index in [1.165, 1.54) is 0 Å². The van der Waals surface area contributed by atoms with E-state index in [4.69, 9.17) is 10.3 Å². The van der Waals surface area contributed by atoms with E-state index in [1.54, 1.807) is 20.8 Å². The number of azide groups is 1. The number of nitrogens with zero attached hydrogens (tertiary/aromatic N) is 3. The predicted octanol–water partition coefficient (Wildman–Crippen LogP) is 4.69. The van der Waals surface area contributed by atoms with E-state index in [1.807, 2.05) is 30.3 Å². The van der Waals surface area contributed by atoms with Crippen LogP contribution in [0.1, 0.15) is 52.0 Å². The van der Waals surface area contributed by atoms with Crippen LogP contribution >= 0.6 is 0 Å². The van der Waals surface area contributed by atoms with Crippen LogP contribution in [0, 0.1) is 5.92 Å². The lowest BCUT2D eigenvalue weighted by Gasteiger charge is -2.24. The first-order valence-corrected chi connectivity index (χ1v) is 9.48. The third kappa shape index (κ3) is 10.4. The van der Waals surface area contributed by atoms with Crippen LogP contribution in [-0.4, -0.2) is 35.4 Å². The Morgan fingerprint density at radius 1 is 1.21 bits per heavy atom. The molecule has 8 heteroatoms. The number of alkyl carbamates (subject to hydrolysis) is 1. The smallest absolute Gasteiger partial charge is 0.407 e. The van der Waals surface area contributed by atoms with Gasteiger partial charge in [-0.25, -0.2) is 4.79 Å². The lowest BCUT2D eigenvalue weighted by Crippen LogP contribution is -2.40. The van der Waals surface area contributed by atoms with Gasteiger partial charge in [-0.1, -0.05) is 35.4 Å². The molecule has 8 nitrogen and oxygen atoms in total. The van der Waals surface area contributed by atoms with Gasteiger partial charge in [-0.05, 0) is 64.0 Å². The lowest BCUT2D eigenvalue weighted by atomic mass is 9.93. The molecule has 0 spiro atoms. The monoisotopic (exact) mass is 390 g/mol. The largest absolute Gasteiger partial charge is 0.481 e. The first-order chi connectivity index (χ1) is 13.2. The Labute approximate surface area is 165 Å². The van der Waals surface area contributed by atoms with Gasteiger partial charge in [0.1, 0.15) is 5.60 Å². The van der Waals surface area contributed by atoms with Gasteiger partial charge in [-0.3, -0.25) is 4.79 Å². The van der Waals surface area contributed by atoms with E-state index in [9.17, 15) is 14.7 Å². The molecule has 1 aromatic carbocycles. The highest BCUT2D eigenvalue weighted by Gasteiger charge is 2.23. The second-order valence-electron chi connectivity index (χ2n) is 7.74. The Balaban J connectivity index is 2.72. The van der Waals surface area contributed by atoms with Crippen molar-refractivity contribution in [3.8, 4) is 0 Å². The van der Waals surface area contributed by atoms with Gasteiger partial charge in [-0.15, -0.1) is 0 Å². The molecule has 1 amide bonds. The van der Waals surface area contributed by atoms with Crippen LogP contribution < -0.4 is 5.32 Å². The van der Waals surface area contributed by atoms with Crippen LogP contribution in [0.2, 0.25) is 0 Å². The Morgan fingerprint density at radius 2 is 1.89 bits per heavy atom. The molecule has 28 heavy (non-hydrogen) atoms. The fourth-order valence-corrected chi connectivity index (χ4v) is 2.84. The van der Waals surface area contributed by atoms with E-state index in [-0.39, 0.29) is 12.6 Å². The zero-order chi connectivity index (χ0) is 21.0. The molecule has 0 unspecified atom stereocenters. The van der Waals surface area contributed by atoms with E-state index in [0.29, 0.717) is 32.1 Å². The molecule has 0 radical (unpaired) electrons. The Bertz CT molecular complexity index is 667. The summed E-state index contributed by atoms with van der Waals surface area (Å²) < 4.78 is 5.34. The number of hydrogen-bond acceptors (Lipinski definition) is 4. The average molecular weight is 390 g/mol. The number of hydrogen-bond donors (Lipinski definition) is 2. The molecular weight excluding hydrogens is 360 g/mol. The van der Waals surface area contributed by atoms with Gasteiger partial charge in [0.05, 0.1) is 5.92 Å². The number of carbonyl (C=O) groups is 2. The van der Waals surface area contributed by atoms with Crippen LogP contribution in [0.3, 0.4) is 0 Å². The molecule has 2 N–H and O–H groups in total. The van der Waals surface area contributed by atoms with E-state index >= 15 is 0 Å². The second-order valence-corrected chi connectivity index (χ2v) is 7.74. The van der Waals surface area contributed by atoms with E-state index in [0.717, 1.165) is 5.56 Å². The van der Waals surface area contributed by atoms with Crippen molar-refractivity contribution in [1.29, 1.82) is 0 Å². The summed E-state index contributed by atoms with van der Waals surface area (Å²) in [5.74, 6) is -1.43. The minimum Gasteiger partial charge on any atom is -0.481 e. The quantitative estimate of drug-likeness (QED) is 0.246. The number of amides is 1. The summed E-state index contributed by atoms with van der Waals surface area (Å²) in [6.45, 7) is 5.67. The number of carbonyl (C=O) groups excluding carboxylic acids is 1. The van der Waals surface area contributed by atoms with Crippen molar-refractivity contribution in [2.24, 2.45) is 11.0 Å². The molecule has 0 saturated heterocycles. The molecule has 0 aliphatic heterocycles. The number of benzene rings is 1. The molecule has 0 aliphatic rings. The van der Waals surface area contributed by atoms with Crippen LogP contribution in [0.25, 0.3) is 10.4 Å². The van der Waals surface area contributed by atoms with Crippen LogP contribution in [0.4, 0.5) is 4.79 Å². The van der Waals surface area contributed by atoms with Gasteiger partial charge in [0.25, 0.3) is 0 Å². The molecule has 0 heterocycles. The minimum absolute atomic E-state index is 0.240. The topological polar surface area (TPSA) is 124 Å². The molecule has 0 aliphatic carbocycles. The Hall–Kier alpha value is -2.73. The first-order valence-electron chi connectivity index (χ1n) is 9.48. The summed E-state index contributed by atoms with van der Waals surface area (Å²) in [5, 5.41) is 15.8. The molecule has 1 rings (SSSR count). The number of aliphatic carboxylic acids is 1. The van der Waals surface area contributed by atoms with Crippen molar-refractivity contribution < 1.29 is 19.4 Å². The van der Waals surface area contributed by atoms with Gasteiger partial charge in [0.2, 0.25) is 0 Å². The number of nitrogens with one attached hydrogen (secondary N) is 1. The third-order valence-electron chi connectivity index (χ3n) is 4.13. The maximum atomic E-state index is 12.2. The van der Waals surface area contributed by atoms with Crippen LogP contribution in [-0.2, 0) is 16.0 Å². The van der Waals surface area contributed by atoms with Crippen molar-refractivity contribution in [1.82, 2.24) is 5.32 Å². The molecule has 154 valence electrons. The number of rotatable bonds is 11. The van der Waals surface area contributed by atoms with Gasteiger partial charge < -0.3 is 15.2 Å². The molecule has 0 aromatic heterocycles. The summed E-state index contributed by atoms with van der Waals surface area (Å²) in [7, 11) is 0. The highest BCUT2D eigenvalue weighted by atomic mass is 16.6. The maximum Gasteiger partial charge on any atom is 0.407 e. The van der Waals surface area contributed by atoms with E-state index < -0.39 is 23.6 Å². The van der Waals surface area contributed by atoms with Gasteiger partial charge >= 0.3 is 12.1 Å². The highest BCUT2D eigenvalue weighted by Crippen LogP contribution is 2.18. The number of ether oxygens (including phenoxy) is 1. The third-order valence-corrected chi connectivity index (χ3v) is 4.13. The zero-order valence-electron chi connectivity index (χ0n) is 16.8. The lowest BCUT2D eigenvalue weighted by molar-refractivity contribution is -0.142. The molecule has 1 aromatic rings. The average Bonchev–Trinajstić information content (AvgIpc) is 2.59. The summed E-state index contributed by atoms with van der Waals surface area (Å²) >= 11 is 0. The summed E-state index contributed by atoms with van der Waals surface area (Å²) in [6, 6.07) is 9.47. The molecule has 0 saturated carbocycles. The summed E-state index contributed by atoms with van der Waals surface area (Å²) in [4.78, 5) is 26.4. The second kappa shape index (κ2) is 11.9. The van der Waals surface area contributed by atoms with E-state index in [2.05, 4.69) is 15.3 Å². The van der Waals surface area contributed by atoms with Gasteiger partial charge in [0, 0.05) is 17.5 Å². The fraction of sp³-hybridized carbons (Fsp3) is 0.600. The van der Waals surface area contributed by atoms with Gasteiger partial charge in [0.15, 0.2) is 0 Å². The maximum absolute atomic E-state index is 12.2. The molecule has 2 atom stereocenters. The fourth-order valence-electron chi connectivity index (χ4n) is 2.84. The standard InChI is InChI=1S/C20H30N4O4/c1-20(2,3)28-19(27)23-17(14-15-8-5-4-6-9-15)12-11-16(18(25)26)10-7-13-22-24-21/h4-6,8-9,16-17H,7,10-14H2,1-3H3,(H,23,27)(H,25,26)/t16-,17-/m0/s1. The van der Waals surface area contributed by atoms with Crippen molar-refractivity contribution in [2.45, 2.75) is 64.5 Å². The molecular formula is C20H30N4O4. The van der Waals surface area contributed by atoms with Crippen LogP contribution in [0.5, 0.6) is 0 Å². The predicted molar refractivity (Wildman–Crippen MR) is 107 cm³/mol. The zero-order valence-corrected chi connectivity index (χ0v) is 16.8. The first kappa shape index (κ1) is 23.3. The Kier molecular flexibility index (Phi) is 9.88. The van der Waals surface area contributed by atoms with Crippen molar-refractivity contribution >= 4 is 12.1 Å². The van der Waals surface area contributed by atoms with Crippen molar-refractivity contribution in [3.63, 3.8) is 0 Å². The normalized spacial score (nSPS) is 13.1. The number of carboxylic acids is 1. The molecule has 0 fully saturated rings. The van der Waals surface area contributed by atoms with Crippen molar-refractivity contribution in [2.75, 3.05) is 6.54 Å². The highest BCUT2D eigenvalue weighted by molar-refractivity contribution is 5.70. The summed E-state index contributed by atoms with van der Waals surface area (Å²) in [6.07, 6.45) is 1.95. The summed E-state index contributed by atoms with van der Waals surface area (Å²) in [5.41, 5.74) is 8.76. The molecule has 0 bridgehead atoms. The SMILES string of the molecule is CC(C)(C)OC(=O)N[C@@H](CC[C@H](CCCN=[N+]=[N-])C(=O)O)Cc1ccccc1. The van der Waals surface area contributed by atoms with Crippen molar-refractivity contribution in [3.05, 3.63) is 46.3 Å². The minimum atomic E-state index is -0.878.